The van der Waals surface area contributed by atoms with Crippen LogP contribution in [0.15, 0.2) is 18.2 Å². The van der Waals surface area contributed by atoms with Gasteiger partial charge in [-0.15, -0.1) is 11.6 Å². The second kappa shape index (κ2) is 4.95. The van der Waals surface area contributed by atoms with Gasteiger partial charge in [0.05, 0.1) is 0 Å². The molecule has 0 aromatic heterocycles. The summed E-state index contributed by atoms with van der Waals surface area (Å²) in [5, 5.41) is 4.30. The number of aryl methyl sites for hydroxylation is 1. The molecule has 16 heavy (non-hydrogen) atoms. The smallest absolute Gasteiger partial charge is 0.0453 e. The Labute approximate surface area is 107 Å². The van der Waals surface area contributed by atoms with E-state index >= 15 is 0 Å². The van der Waals surface area contributed by atoms with Gasteiger partial charge in [-0.3, -0.25) is 0 Å². The van der Waals surface area contributed by atoms with E-state index < -0.39 is 0 Å². The van der Waals surface area contributed by atoms with Crippen molar-refractivity contribution in [1.82, 2.24) is 5.32 Å². The Morgan fingerprint density at radius 1 is 1.38 bits per heavy atom. The maximum atomic E-state index is 6.16. The first-order valence-electron chi connectivity index (χ1n) is 5.67. The van der Waals surface area contributed by atoms with Crippen LogP contribution < -0.4 is 5.32 Å². The summed E-state index contributed by atoms with van der Waals surface area (Å²) >= 11 is 12.1. The monoisotopic (exact) mass is 257 g/mol. The number of benzene rings is 1. The molecule has 1 nitrogen and oxygen atoms in total. The predicted molar refractivity (Wildman–Crippen MR) is 70.3 cm³/mol. The number of hydrogen-bond donors (Lipinski definition) is 1. The lowest BCUT2D eigenvalue weighted by Crippen LogP contribution is -2.24. The normalized spacial score (nSPS) is 17.4. The Bertz CT molecular complexity index is 372. The number of rotatable bonds is 5. The molecule has 0 atom stereocenters. The van der Waals surface area contributed by atoms with Gasteiger partial charge in [0.2, 0.25) is 0 Å². The van der Waals surface area contributed by atoms with Crippen LogP contribution in [0.1, 0.15) is 24.0 Å². The number of nitrogens with one attached hydrogen (secondary N) is 1. The van der Waals surface area contributed by atoms with Gasteiger partial charge in [0.25, 0.3) is 0 Å². The number of hydrogen-bond acceptors (Lipinski definition) is 1. The van der Waals surface area contributed by atoms with Crippen LogP contribution in [0.5, 0.6) is 0 Å². The van der Waals surface area contributed by atoms with Crippen LogP contribution in [0.25, 0.3) is 0 Å². The molecule has 1 fully saturated rings. The fraction of sp³-hybridized carbons (Fsp3) is 0.538. The lowest BCUT2D eigenvalue weighted by atomic mass is 10.1. The number of halogens is 2. The van der Waals surface area contributed by atoms with Crippen LogP contribution in [-0.4, -0.2) is 12.4 Å². The highest BCUT2D eigenvalue weighted by Gasteiger charge is 2.41. The van der Waals surface area contributed by atoms with Crippen molar-refractivity contribution in [3.8, 4) is 0 Å². The van der Waals surface area contributed by atoms with Crippen molar-refractivity contribution in [2.45, 2.75) is 26.3 Å². The van der Waals surface area contributed by atoms with Gasteiger partial charge in [0.15, 0.2) is 0 Å². The van der Waals surface area contributed by atoms with Gasteiger partial charge in [-0.25, -0.2) is 0 Å². The topological polar surface area (TPSA) is 12.0 Å². The zero-order valence-electron chi connectivity index (χ0n) is 9.52. The third-order valence-electron chi connectivity index (χ3n) is 3.26. The van der Waals surface area contributed by atoms with Crippen molar-refractivity contribution in [3.63, 3.8) is 0 Å². The van der Waals surface area contributed by atoms with Crippen molar-refractivity contribution in [2.24, 2.45) is 5.41 Å². The van der Waals surface area contributed by atoms with Crippen LogP contribution in [0.2, 0.25) is 5.02 Å². The molecule has 0 unspecified atom stereocenters. The van der Waals surface area contributed by atoms with E-state index in [0.717, 1.165) is 29.6 Å². The Morgan fingerprint density at radius 3 is 2.69 bits per heavy atom. The molecule has 1 N–H and O–H groups in total. The van der Waals surface area contributed by atoms with E-state index in [1.807, 2.05) is 6.07 Å². The zero-order valence-corrected chi connectivity index (χ0v) is 11.0. The molecular formula is C13H17Cl2N. The van der Waals surface area contributed by atoms with Crippen molar-refractivity contribution >= 4 is 23.2 Å². The second-order valence-electron chi connectivity index (χ2n) is 4.83. The van der Waals surface area contributed by atoms with E-state index in [0.29, 0.717) is 5.41 Å². The van der Waals surface area contributed by atoms with E-state index in [4.69, 9.17) is 23.2 Å². The summed E-state index contributed by atoms with van der Waals surface area (Å²) in [5.41, 5.74) is 2.74. The molecule has 3 heteroatoms. The molecular weight excluding hydrogens is 241 g/mol. The third kappa shape index (κ3) is 2.91. The highest BCUT2D eigenvalue weighted by Crippen LogP contribution is 2.45. The van der Waals surface area contributed by atoms with Crippen LogP contribution in [-0.2, 0) is 6.54 Å². The minimum atomic E-state index is 0.374. The first-order valence-corrected chi connectivity index (χ1v) is 6.58. The molecule has 0 saturated heterocycles. The quantitative estimate of drug-likeness (QED) is 0.793. The van der Waals surface area contributed by atoms with Gasteiger partial charge in [-0.2, -0.15) is 0 Å². The maximum absolute atomic E-state index is 6.16. The summed E-state index contributed by atoms with van der Waals surface area (Å²) in [5.74, 6) is 0.766. The molecule has 1 aromatic rings. The minimum Gasteiger partial charge on any atom is -0.312 e. The van der Waals surface area contributed by atoms with Crippen LogP contribution >= 0.6 is 23.2 Å². The van der Waals surface area contributed by atoms with Crippen LogP contribution in [0.4, 0.5) is 0 Å². The summed E-state index contributed by atoms with van der Waals surface area (Å²) in [6, 6.07) is 6.19. The molecule has 2 rings (SSSR count). The standard InChI is InChI=1S/C13H17Cl2N/c1-10-2-3-11(12(15)6-10)7-16-9-13(8-14)4-5-13/h2-3,6,16H,4-5,7-9H2,1H3. The fourth-order valence-electron chi connectivity index (χ4n) is 1.79. The average Bonchev–Trinajstić information content (AvgIpc) is 3.02. The zero-order chi connectivity index (χ0) is 11.6. The molecule has 0 amide bonds. The molecule has 0 radical (unpaired) electrons. The molecule has 0 heterocycles. The van der Waals surface area contributed by atoms with E-state index in [1.165, 1.54) is 18.4 Å². The van der Waals surface area contributed by atoms with E-state index in [1.54, 1.807) is 0 Å². The van der Waals surface area contributed by atoms with Gasteiger partial charge in [0, 0.05) is 24.0 Å². The van der Waals surface area contributed by atoms with Crippen LogP contribution in [0.3, 0.4) is 0 Å². The summed E-state index contributed by atoms with van der Waals surface area (Å²) in [7, 11) is 0. The first kappa shape index (κ1) is 12.2. The lowest BCUT2D eigenvalue weighted by molar-refractivity contribution is 0.505. The van der Waals surface area contributed by atoms with Crippen LogP contribution in [0, 0.1) is 12.3 Å². The van der Waals surface area contributed by atoms with E-state index in [9.17, 15) is 0 Å². The van der Waals surface area contributed by atoms with Gasteiger partial charge >= 0.3 is 0 Å². The molecule has 1 aromatic carbocycles. The molecule has 88 valence electrons. The summed E-state index contributed by atoms with van der Waals surface area (Å²) in [4.78, 5) is 0. The summed E-state index contributed by atoms with van der Waals surface area (Å²) < 4.78 is 0. The first-order chi connectivity index (χ1) is 7.65. The molecule has 0 aliphatic heterocycles. The molecule has 1 saturated carbocycles. The van der Waals surface area contributed by atoms with Crippen molar-refractivity contribution in [1.29, 1.82) is 0 Å². The lowest BCUT2D eigenvalue weighted by Gasteiger charge is -2.13. The maximum Gasteiger partial charge on any atom is 0.0453 e. The largest absolute Gasteiger partial charge is 0.312 e. The predicted octanol–water partition coefficient (Wildman–Crippen LogP) is 3.76. The molecule has 1 aliphatic rings. The van der Waals surface area contributed by atoms with Gasteiger partial charge in [-0.1, -0.05) is 23.7 Å². The average molecular weight is 258 g/mol. The van der Waals surface area contributed by atoms with Crippen molar-refractivity contribution < 1.29 is 0 Å². The Kier molecular flexibility index (Phi) is 3.78. The van der Waals surface area contributed by atoms with Gasteiger partial charge in [-0.05, 0) is 42.4 Å². The Morgan fingerprint density at radius 2 is 2.12 bits per heavy atom. The van der Waals surface area contributed by atoms with Gasteiger partial charge in [0.1, 0.15) is 0 Å². The molecule has 0 spiro atoms. The summed E-state index contributed by atoms with van der Waals surface area (Å²) in [6.07, 6.45) is 2.51. The fourth-order valence-corrected chi connectivity index (χ4v) is 2.46. The summed E-state index contributed by atoms with van der Waals surface area (Å²) in [6.45, 7) is 3.88. The minimum absolute atomic E-state index is 0.374. The Balaban J connectivity index is 1.85. The van der Waals surface area contributed by atoms with Crippen molar-refractivity contribution in [3.05, 3.63) is 34.3 Å². The number of alkyl halides is 1. The van der Waals surface area contributed by atoms with E-state index in [-0.39, 0.29) is 0 Å². The highest BCUT2D eigenvalue weighted by atomic mass is 35.5. The molecule has 0 bridgehead atoms. The van der Waals surface area contributed by atoms with E-state index in [2.05, 4.69) is 24.4 Å². The third-order valence-corrected chi connectivity index (χ3v) is 4.18. The highest BCUT2D eigenvalue weighted by molar-refractivity contribution is 6.31. The van der Waals surface area contributed by atoms with Gasteiger partial charge < -0.3 is 5.32 Å². The molecule has 1 aliphatic carbocycles. The Hall–Kier alpha value is -0.240. The second-order valence-corrected chi connectivity index (χ2v) is 5.51. The SMILES string of the molecule is Cc1ccc(CNCC2(CCl)CC2)c(Cl)c1. The van der Waals surface area contributed by atoms with Crippen molar-refractivity contribution in [2.75, 3.05) is 12.4 Å².